The number of hydrogen-bond acceptors (Lipinski definition) is 5. The van der Waals surface area contributed by atoms with Crippen LogP contribution in [0.4, 0.5) is 11.6 Å². The van der Waals surface area contributed by atoms with Gasteiger partial charge in [0.1, 0.15) is 5.69 Å². The molecule has 128 valence electrons. The third-order valence-corrected chi connectivity index (χ3v) is 3.67. The number of hydrogen-bond donors (Lipinski definition) is 2. The predicted octanol–water partition coefficient (Wildman–Crippen LogP) is 3.26. The van der Waals surface area contributed by atoms with Gasteiger partial charge in [0.15, 0.2) is 0 Å². The van der Waals surface area contributed by atoms with Gasteiger partial charge in [-0.1, -0.05) is 17.7 Å². The Labute approximate surface area is 146 Å². The first-order chi connectivity index (χ1) is 11.5. The molecule has 1 amide bonds. The average Bonchev–Trinajstić information content (AvgIpc) is 2.55. The number of anilines is 2. The molecule has 6 nitrogen and oxygen atoms in total. The van der Waals surface area contributed by atoms with Crippen molar-refractivity contribution in [2.24, 2.45) is 0 Å². The molecule has 0 fully saturated rings. The number of halogens is 1. The lowest BCUT2D eigenvalue weighted by atomic mass is 10.1. The quantitative estimate of drug-likeness (QED) is 0.751. The molecule has 0 saturated heterocycles. The van der Waals surface area contributed by atoms with E-state index in [1.165, 1.54) is 6.20 Å². The molecule has 2 rings (SSSR count). The number of aromatic nitrogens is 2. The molecule has 7 heteroatoms. The summed E-state index contributed by atoms with van der Waals surface area (Å²) in [5.74, 6) is 0.0803. The van der Waals surface area contributed by atoms with Gasteiger partial charge in [0.25, 0.3) is 5.91 Å². The zero-order chi connectivity index (χ0) is 17.5. The van der Waals surface area contributed by atoms with Crippen LogP contribution in [0.1, 0.15) is 28.0 Å². The van der Waals surface area contributed by atoms with E-state index in [9.17, 15) is 4.79 Å². The van der Waals surface area contributed by atoms with E-state index in [1.54, 1.807) is 13.2 Å². The molecule has 1 heterocycles. The van der Waals surface area contributed by atoms with Crippen LogP contribution in [-0.4, -0.2) is 36.1 Å². The van der Waals surface area contributed by atoms with Gasteiger partial charge in [0, 0.05) is 26.5 Å². The van der Waals surface area contributed by atoms with Crippen molar-refractivity contribution >= 4 is 29.1 Å². The molecule has 24 heavy (non-hydrogen) atoms. The fraction of sp³-hybridized carbons (Fsp3) is 0.353. The van der Waals surface area contributed by atoms with Gasteiger partial charge in [-0.25, -0.2) is 9.97 Å². The normalized spacial score (nSPS) is 10.5. The Kier molecular flexibility index (Phi) is 6.52. The third-order valence-electron chi connectivity index (χ3n) is 3.37. The van der Waals surface area contributed by atoms with Crippen molar-refractivity contribution in [3.63, 3.8) is 0 Å². The van der Waals surface area contributed by atoms with E-state index in [0.717, 1.165) is 23.2 Å². The fourth-order valence-corrected chi connectivity index (χ4v) is 2.61. The van der Waals surface area contributed by atoms with Gasteiger partial charge in [-0.15, -0.1) is 0 Å². The Hall–Kier alpha value is -2.18. The predicted molar refractivity (Wildman–Crippen MR) is 95.1 cm³/mol. The first kappa shape index (κ1) is 18.2. The van der Waals surface area contributed by atoms with Gasteiger partial charge in [-0.05, 0) is 43.5 Å². The summed E-state index contributed by atoms with van der Waals surface area (Å²) in [5, 5.41) is 6.47. The number of nitrogens with one attached hydrogen (secondary N) is 2. The summed E-state index contributed by atoms with van der Waals surface area (Å²) in [5.41, 5.74) is 3.09. The van der Waals surface area contributed by atoms with E-state index in [2.05, 4.69) is 20.6 Å². The minimum absolute atomic E-state index is 0.247. The van der Waals surface area contributed by atoms with E-state index >= 15 is 0 Å². The van der Waals surface area contributed by atoms with Crippen molar-refractivity contribution in [3.8, 4) is 0 Å². The number of carbonyl (C=O) groups is 1. The maximum atomic E-state index is 12.1. The largest absolute Gasteiger partial charge is 0.385 e. The Morgan fingerprint density at radius 3 is 2.83 bits per heavy atom. The minimum Gasteiger partial charge on any atom is -0.385 e. The zero-order valence-electron chi connectivity index (χ0n) is 14.0. The number of rotatable bonds is 7. The molecule has 0 radical (unpaired) electrons. The number of carbonyl (C=O) groups excluding carboxylic acids is 1. The molecule has 0 aliphatic carbocycles. The highest BCUT2D eigenvalue weighted by atomic mass is 35.5. The van der Waals surface area contributed by atoms with Gasteiger partial charge < -0.3 is 15.4 Å². The molecular formula is C17H21ClN4O2. The van der Waals surface area contributed by atoms with Gasteiger partial charge >= 0.3 is 0 Å². The van der Waals surface area contributed by atoms with Crippen LogP contribution in [0.15, 0.2) is 24.4 Å². The minimum atomic E-state index is -0.247. The summed E-state index contributed by atoms with van der Waals surface area (Å²) in [6, 6.07) is 5.45. The van der Waals surface area contributed by atoms with Crippen LogP contribution in [0.3, 0.4) is 0 Å². The highest BCUT2D eigenvalue weighted by Crippen LogP contribution is 2.29. The molecule has 0 aliphatic heterocycles. The topological polar surface area (TPSA) is 76.1 Å². The van der Waals surface area contributed by atoms with Gasteiger partial charge in [0.2, 0.25) is 5.95 Å². The van der Waals surface area contributed by atoms with E-state index in [-0.39, 0.29) is 5.91 Å². The Balaban J connectivity index is 2.09. The molecule has 0 aliphatic rings. The Morgan fingerprint density at radius 1 is 1.33 bits per heavy atom. The van der Waals surface area contributed by atoms with Crippen LogP contribution in [0.2, 0.25) is 5.02 Å². The number of benzene rings is 1. The van der Waals surface area contributed by atoms with Crippen LogP contribution in [0.25, 0.3) is 0 Å². The van der Waals surface area contributed by atoms with Crippen LogP contribution in [0, 0.1) is 13.8 Å². The summed E-state index contributed by atoms with van der Waals surface area (Å²) >= 11 is 6.28. The molecule has 0 spiro atoms. The fourth-order valence-electron chi connectivity index (χ4n) is 2.24. The highest BCUT2D eigenvalue weighted by Gasteiger charge is 2.11. The maximum Gasteiger partial charge on any atom is 0.270 e. The van der Waals surface area contributed by atoms with Crippen LogP contribution in [0.5, 0.6) is 0 Å². The molecule has 0 bridgehead atoms. The SMILES string of the molecule is COCCCNC(=O)c1ccnc(Nc2c(C)cc(C)cc2Cl)n1. The Morgan fingerprint density at radius 2 is 2.12 bits per heavy atom. The van der Waals surface area contributed by atoms with Crippen molar-refractivity contribution in [2.75, 3.05) is 25.6 Å². The van der Waals surface area contributed by atoms with Crippen molar-refractivity contribution in [1.29, 1.82) is 0 Å². The molecule has 2 N–H and O–H groups in total. The molecule has 0 unspecified atom stereocenters. The van der Waals surface area contributed by atoms with Gasteiger partial charge in [-0.3, -0.25) is 4.79 Å². The number of amides is 1. The smallest absolute Gasteiger partial charge is 0.270 e. The lowest BCUT2D eigenvalue weighted by Gasteiger charge is -2.12. The summed E-state index contributed by atoms with van der Waals surface area (Å²) in [6.45, 7) is 5.06. The van der Waals surface area contributed by atoms with Crippen LogP contribution < -0.4 is 10.6 Å². The standard InChI is InChI=1S/C17H21ClN4O2/c1-11-9-12(2)15(13(18)10-11)22-17-20-7-5-14(21-17)16(23)19-6-4-8-24-3/h5,7,9-10H,4,6,8H2,1-3H3,(H,19,23)(H,20,21,22). The molecule has 2 aromatic rings. The second-order valence-corrected chi connectivity index (χ2v) is 5.84. The van der Waals surface area contributed by atoms with Gasteiger partial charge in [0.05, 0.1) is 10.7 Å². The summed E-state index contributed by atoms with van der Waals surface area (Å²) < 4.78 is 4.95. The lowest BCUT2D eigenvalue weighted by Crippen LogP contribution is -2.26. The zero-order valence-corrected chi connectivity index (χ0v) is 14.8. The van der Waals surface area contributed by atoms with Crippen molar-refractivity contribution in [1.82, 2.24) is 15.3 Å². The summed E-state index contributed by atoms with van der Waals surface area (Å²) in [7, 11) is 1.63. The second-order valence-electron chi connectivity index (χ2n) is 5.43. The molecular weight excluding hydrogens is 328 g/mol. The van der Waals surface area contributed by atoms with E-state index in [0.29, 0.717) is 29.8 Å². The monoisotopic (exact) mass is 348 g/mol. The molecule has 0 saturated carbocycles. The third kappa shape index (κ3) is 4.91. The van der Waals surface area contributed by atoms with Crippen LogP contribution >= 0.6 is 11.6 Å². The number of aryl methyl sites for hydroxylation is 2. The maximum absolute atomic E-state index is 12.1. The summed E-state index contributed by atoms with van der Waals surface area (Å²) in [6.07, 6.45) is 2.29. The van der Waals surface area contributed by atoms with Crippen molar-refractivity contribution in [2.45, 2.75) is 20.3 Å². The van der Waals surface area contributed by atoms with Crippen molar-refractivity contribution in [3.05, 3.63) is 46.2 Å². The summed E-state index contributed by atoms with van der Waals surface area (Å²) in [4.78, 5) is 20.5. The number of methoxy groups -OCH3 is 1. The lowest BCUT2D eigenvalue weighted by molar-refractivity contribution is 0.0943. The number of nitrogens with zero attached hydrogens (tertiary/aromatic N) is 2. The average molecular weight is 349 g/mol. The van der Waals surface area contributed by atoms with Gasteiger partial charge in [-0.2, -0.15) is 0 Å². The van der Waals surface area contributed by atoms with Crippen LogP contribution in [-0.2, 0) is 4.74 Å². The van der Waals surface area contributed by atoms with E-state index in [1.807, 2.05) is 26.0 Å². The van der Waals surface area contributed by atoms with Crippen molar-refractivity contribution < 1.29 is 9.53 Å². The Bertz CT molecular complexity index is 698. The number of ether oxygens (including phenoxy) is 1. The van der Waals surface area contributed by atoms with E-state index in [4.69, 9.17) is 16.3 Å². The first-order valence-corrected chi connectivity index (χ1v) is 8.03. The first-order valence-electron chi connectivity index (χ1n) is 7.65. The highest BCUT2D eigenvalue weighted by molar-refractivity contribution is 6.33. The molecule has 1 aromatic heterocycles. The second kappa shape index (κ2) is 8.61. The molecule has 0 atom stereocenters. The molecule has 1 aromatic carbocycles. The van der Waals surface area contributed by atoms with E-state index < -0.39 is 0 Å².